The molecule has 0 spiro atoms. The summed E-state index contributed by atoms with van der Waals surface area (Å²) in [6.45, 7) is 6.80. The Morgan fingerprint density at radius 1 is 1.46 bits per heavy atom. The molecule has 0 radical (unpaired) electrons. The smallest absolute Gasteiger partial charge is 0.396 e. The predicted molar refractivity (Wildman–Crippen MR) is 50.2 cm³/mol. The number of carbonyl (C=O) groups is 1. The molecule has 0 aromatic carbocycles. The summed E-state index contributed by atoms with van der Waals surface area (Å²) in [4.78, 5) is 20.7. The van der Waals surface area contributed by atoms with E-state index in [0.29, 0.717) is 0 Å². The lowest BCUT2D eigenvalue weighted by molar-refractivity contribution is -0.420. The van der Waals surface area contributed by atoms with Crippen LogP contribution in [-0.4, -0.2) is 19.2 Å². The molecule has 0 rings (SSSR count). The molecule has 5 nitrogen and oxygen atoms in total. The van der Waals surface area contributed by atoms with Crippen molar-refractivity contribution in [2.45, 2.75) is 26.6 Å². The second-order valence-electron chi connectivity index (χ2n) is 3.43. The van der Waals surface area contributed by atoms with Crippen LogP contribution in [0.25, 0.3) is 0 Å². The molecule has 0 aliphatic carbocycles. The second-order valence-corrected chi connectivity index (χ2v) is 7.86. The fourth-order valence-corrected chi connectivity index (χ4v) is 1.29. The van der Waals surface area contributed by atoms with E-state index in [1.54, 1.807) is 19.6 Å². The van der Waals surface area contributed by atoms with Crippen LogP contribution >= 0.6 is 0 Å². The number of hydrogen-bond acceptors (Lipinski definition) is 4. The van der Waals surface area contributed by atoms with E-state index in [4.69, 9.17) is 4.43 Å². The Kier molecular flexibility index (Phi) is 3.80. The van der Waals surface area contributed by atoms with E-state index < -0.39 is 24.9 Å². The highest BCUT2D eigenvalue weighted by Crippen LogP contribution is 2.08. The van der Waals surface area contributed by atoms with Gasteiger partial charge in [-0.3, -0.25) is 10.1 Å². The number of rotatable bonds is 3. The maximum absolute atomic E-state index is 11.1. The fourth-order valence-electron chi connectivity index (χ4n) is 0.628. The molecule has 6 heteroatoms. The van der Waals surface area contributed by atoms with E-state index in [1.807, 2.05) is 0 Å². The summed E-state index contributed by atoms with van der Waals surface area (Å²) in [5.41, 5.74) is -0.498. The van der Waals surface area contributed by atoms with E-state index in [9.17, 15) is 14.9 Å². The highest BCUT2D eigenvalue weighted by Gasteiger charge is 2.28. The average molecular weight is 203 g/mol. The van der Waals surface area contributed by atoms with Crippen LogP contribution in [0.3, 0.4) is 0 Å². The lowest BCUT2D eigenvalue weighted by Gasteiger charge is -2.15. The third-order valence-electron chi connectivity index (χ3n) is 1.08. The maximum atomic E-state index is 11.1. The van der Waals surface area contributed by atoms with Crippen molar-refractivity contribution >= 4 is 14.3 Å². The molecule has 0 heterocycles. The van der Waals surface area contributed by atoms with E-state index in [0.717, 1.165) is 6.08 Å². The van der Waals surface area contributed by atoms with E-state index >= 15 is 0 Å². The topological polar surface area (TPSA) is 69.4 Å². The van der Waals surface area contributed by atoms with Crippen molar-refractivity contribution in [3.05, 3.63) is 21.9 Å². The monoisotopic (exact) mass is 203 g/mol. The van der Waals surface area contributed by atoms with Crippen molar-refractivity contribution in [1.82, 2.24) is 0 Å². The number of carbonyl (C=O) groups excluding carboxylic acids is 1. The number of hydrogen-bond donors (Lipinski definition) is 0. The normalized spacial score (nSPS) is 12.5. The minimum Gasteiger partial charge on any atom is -0.512 e. The zero-order valence-corrected chi connectivity index (χ0v) is 9.16. The standard InChI is InChI=1S/C7H13NO4Si/c1-5-6(8(10)11)7(9)12-13(2,3)4/h5H,1-4H3/b6-5-. The quantitative estimate of drug-likeness (QED) is 0.302. The average Bonchev–Trinajstić information content (AvgIpc) is 1.82. The minimum absolute atomic E-state index is 0.498. The van der Waals surface area contributed by atoms with Crippen LogP contribution < -0.4 is 0 Å². The highest BCUT2D eigenvalue weighted by molar-refractivity contribution is 6.71. The molecular formula is C7H13NO4Si. The van der Waals surface area contributed by atoms with Crippen molar-refractivity contribution in [3.63, 3.8) is 0 Å². The molecule has 13 heavy (non-hydrogen) atoms. The van der Waals surface area contributed by atoms with Gasteiger partial charge in [-0.25, -0.2) is 4.79 Å². The molecule has 0 saturated carbocycles. The van der Waals surface area contributed by atoms with Crippen LogP contribution in [0.2, 0.25) is 19.6 Å². The summed E-state index contributed by atoms with van der Waals surface area (Å²) in [6, 6.07) is 0. The third-order valence-corrected chi connectivity index (χ3v) is 1.88. The minimum atomic E-state index is -2.04. The first-order chi connectivity index (χ1) is 5.78. The van der Waals surface area contributed by atoms with Crippen molar-refractivity contribution in [1.29, 1.82) is 0 Å². The van der Waals surface area contributed by atoms with Gasteiger partial charge < -0.3 is 4.43 Å². The van der Waals surface area contributed by atoms with Gasteiger partial charge in [0, 0.05) is 0 Å². The molecule has 0 amide bonds. The summed E-state index contributed by atoms with van der Waals surface area (Å²) in [6.07, 6.45) is 1.14. The molecule has 0 aromatic rings. The van der Waals surface area contributed by atoms with E-state index in [-0.39, 0.29) is 0 Å². The van der Waals surface area contributed by atoms with E-state index in [1.165, 1.54) is 6.92 Å². The molecule has 0 atom stereocenters. The van der Waals surface area contributed by atoms with Gasteiger partial charge in [-0.15, -0.1) is 0 Å². The van der Waals surface area contributed by atoms with Gasteiger partial charge in [0.1, 0.15) is 0 Å². The van der Waals surface area contributed by atoms with Gasteiger partial charge in [0.05, 0.1) is 4.92 Å². The highest BCUT2D eigenvalue weighted by atomic mass is 28.4. The lowest BCUT2D eigenvalue weighted by atomic mass is 10.4. The Labute approximate surface area is 77.7 Å². The Morgan fingerprint density at radius 3 is 2.15 bits per heavy atom. The largest absolute Gasteiger partial charge is 0.512 e. The van der Waals surface area contributed by atoms with Gasteiger partial charge in [-0.2, -0.15) is 0 Å². The fraction of sp³-hybridized carbons (Fsp3) is 0.571. The summed E-state index contributed by atoms with van der Waals surface area (Å²) in [7, 11) is -2.04. The number of nitrogens with zero attached hydrogens (tertiary/aromatic N) is 1. The molecule has 0 saturated heterocycles. The van der Waals surface area contributed by atoms with Gasteiger partial charge in [-0.05, 0) is 32.6 Å². The summed E-state index contributed by atoms with van der Waals surface area (Å²) in [5, 5.41) is 10.3. The first-order valence-corrected chi connectivity index (χ1v) is 7.23. The molecule has 0 N–H and O–H groups in total. The van der Waals surface area contributed by atoms with Crippen molar-refractivity contribution in [2.24, 2.45) is 0 Å². The molecule has 74 valence electrons. The maximum Gasteiger partial charge on any atom is 0.396 e. The van der Waals surface area contributed by atoms with Gasteiger partial charge >= 0.3 is 11.7 Å². The second kappa shape index (κ2) is 4.17. The Bertz CT molecular complexity index is 254. The van der Waals surface area contributed by atoms with Crippen LogP contribution in [0.5, 0.6) is 0 Å². The van der Waals surface area contributed by atoms with Crippen molar-refractivity contribution < 1.29 is 14.1 Å². The third kappa shape index (κ3) is 4.41. The Balaban J connectivity index is 4.52. The van der Waals surface area contributed by atoms with Gasteiger partial charge in [-0.1, -0.05) is 0 Å². The zero-order valence-electron chi connectivity index (χ0n) is 8.16. The first-order valence-electron chi connectivity index (χ1n) is 3.82. The van der Waals surface area contributed by atoms with Crippen molar-refractivity contribution in [2.75, 3.05) is 0 Å². The summed E-state index contributed by atoms with van der Waals surface area (Å²) < 4.78 is 4.94. The SMILES string of the molecule is C/C=C(/C(=O)O[Si](C)(C)C)[N+](=O)[O-]. The van der Waals surface area contributed by atoms with Crippen LogP contribution in [-0.2, 0) is 9.22 Å². The zero-order chi connectivity index (χ0) is 10.6. The van der Waals surface area contributed by atoms with Gasteiger partial charge in [0.15, 0.2) is 0 Å². The summed E-state index contributed by atoms with van der Waals surface area (Å²) in [5.74, 6) is -0.841. The molecular weight excluding hydrogens is 190 g/mol. The summed E-state index contributed by atoms with van der Waals surface area (Å²) >= 11 is 0. The van der Waals surface area contributed by atoms with Crippen LogP contribution in [0.15, 0.2) is 11.8 Å². The molecule has 0 fully saturated rings. The van der Waals surface area contributed by atoms with Gasteiger partial charge in [0.25, 0.3) is 0 Å². The van der Waals surface area contributed by atoms with Crippen molar-refractivity contribution in [3.8, 4) is 0 Å². The van der Waals surface area contributed by atoms with Crippen LogP contribution in [0.1, 0.15) is 6.92 Å². The molecule has 0 bridgehead atoms. The molecule has 0 aliphatic rings. The number of allylic oxidation sites excluding steroid dienone is 1. The van der Waals surface area contributed by atoms with E-state index in [2.05, 4.69) is 0 Å². The Morgan fingerprint density at radius 2 is 1.92 bits per heavy atom. The van der Waals surface area contributed by atoms with Gasteiger partial charge in [0.2, 0.25) is 8.32 Å². The lowest BCUT2D eigenvalue weighted by Crippen LogP contribution is -2.31. The van der Waals surface area contributed by atoms with Crippen LogP contribution in [0.4, 0.5) is 0 Å². The number of nitro groups is 1. The molecule has 0 aliphatic heterocycles. The molecule has 0 aromatic heterocycles. The first kappa shape index (κ1) is 11.8. The molecule has 0 unspecified atom stereocenters. The predicted octanol–water partition coefficient (Wildman–Crippen LogP) is 1.54. The van der Waals surface area contributed by atoms with Crippen LogP contribution in [0, 0.1) is 10.1 Å². The Hall–Kier alpha value is -1.17.